The van der Waals surface area contributed by atoms with E-state index < -0.39 is 0 Å². The molecule has 0 atom stereocenters. The van der Waals surface area contributed by atoms with Gasteiger partial charge in [0, 0.05) is 5.69 Å². The summed E-state index contributed by atoms with van der Waals surface area (Å²) in [6.45, 7) is 8.02. The Labute approximate surface area is 117 Å². The second-order valence-electron chi connectivity index (χ2n) is 4.84. The van der Waals surface area contributed by atoms with Crippen LogP contribution in [0, 0.1) is 13.8 Å². The normalized spacial score (nSPS) is 10.8. The van der Waals surface area contributed by atoms with E-state index in [1.807, 2.05) is 38.1 Å². The minimum Gasteiger partial charge on any atom is -0.321 e. The third-order valence-electron chi connectivity index (χ3n) is 2.94. The minimum absolute atomic E-state index is 0.0730. The third-order valence-corrected chi connectivity index (χ3v) is 4.01. The number of hydrogen-bond donors (Lipinski definition) is 1. The van der Waals surface area contributed by atoms with Gasteiger partial charge in [-0.3, -0.25) is 4.79 Å². The maximum Gasteiger partial charge on any atom is 0.267 e. The van der Waals surface area contributed by atoms with Gasteiger partial charge in [-0.25, -0.2) is 4.98 Å². The topological polar surface area (TPSA) is 42.0 Å². The number of para-hydroxylation sites is 1. The minimum atomic E-state index is -0.0730. The Morgan fingerprint density at radius 1 is 1.26 bits per heavy atom. The van der Waals surface area contributed by atoms with Gasteiger partial charge in [0.2, 0.25) is 0 Å². The molecule has 0 saturated carbocycles. The van der Waals surface area contributed by atoms with E-state index in [0.717, 1.165) is 22.0 Å². The number of hydrogen-bond acceptors (Lipinski definition) is 3. The second kappa shape index (κ2) is 5.53. The number of carbonyl (C=O) groups is 1. The molecule has 0 aliphatic heterocycles. The van der Waals surface area contributed by atoms with E-state index in [9.17, 15) is 4.79 Å². The first-order valence-corrected chi connectivity index (χ1v) is 7.15. The molecular formula is C15H18N2OS. The van der Waals surface area contributed by atoms with Crippen LogP contribution >= 0.6 is 11.3 Å². The summed E-state index contributed by atoms with van der Waals surface area (Å²) in [4.78, 5) is 17.3. The van der Waals surface area contributed by atoms with Crippen LogP contribution in [0.5, 0.6) is 0 Å². The van der Waals surface area contributed by atoms with Crippen molar-refractivity contribution in [3.8, 4) is 0 Å². The predicted octanol–water partition coefficient (Wildman–Crippen LogP) is 4.14. The van der Waals surface area contributed by atoms with Crippen LogP contribution in [-0.2, 0) is 0 Å². The molecule has 19 heavy (non-hydrogen) atoms. The molecule has 1 heterocycles. The molecule has 4 heteroatoms. The molecule has 1 N–H and O–H groups in total. The molecule has 100 valence electrons. The number of anilines is 1. The molecule has 0 saturated heterocycles. The highest BCUT2D eigenvalue weighted by Crippen LogP contribution is 2.25. The average Bonchev–Trinajstić information content (AvgIpc) is 2.69. The molecule has 0 unspecified atom stereocenters. The largest absolute Gasteiger partial charge is 0.321 e. The van der Waals surface area contributed by atoms with Crippen LogP contribution in [0.4, 0.5) is 5.69 Å². The Bertz CT molecular complexity index is 602. The van der Waals surface area contributed by atoms with E-state index in [-0.39, 0.29) is 5.91 Å². The van der Waals surface area contributed by atoms with Crippen LogP contribution in [0.3, 0.4) is 0 Å². The van der Waals surface area contributed by atoms with Crippen molar-refractivity contribution in [2.45, 2.75) is 33.6 Å². The quantitative estimate of drug-likeness (QED) is 0.914. The molecule has 0 radical (unpaired) electrons. The van der Waals surface area contributed by atoms with Crippen molar-refractivity contribution >= 4 is 22.9 Å². The van der Waals surface area contributed by atoms with Crippen molar-refractivity contribution in [2.75, 3.05) is 5.32 Å². The number of thiazole rings is 1. The van der Waals surface area contributed by atoms with Gasteiger partial charge in [-0.15, -0.1) is 11.3 Å². The van der Waals surface area contributed by atoms with Crippen molar-refractivity contribution in [1.82, 2.24) is 4.98 Å². The van der Waals surface area contributed by atoms with Gasteiger partial charge in [0.1, 0.15) is 4.88 Å². The van der Waals surface area contributed by atoms with Gasteiger partial charge < -0.3 is 5.32 Å². The summed E-state index contributed by atoms with van der Waals surface area (Å²) >= 11 is 1.43. The van der Waals surface area contributed by atoms with E-state index in [1.165, 1.54) is 11.3 Å². The molecule has 0 aliphatic carbocycles. The molecule has 1 aromatic carbocycles. The van der Waals surface area contributed by atoms with E-state index in [0.29, 0.717) is 10.8 Å². The molecule has 0 bridgehead atoms. The lowest BCUT2D eigenvalue weighted by Crippen LogP contribution is -2.13. The lowest BCUT2D eigenvalue weighted by Gasteiger charge is -2.13. The van der Waals surface area contributed by atoms with Gasteiger partial charge in [-0.05, 0) is 31.4 Å². The van der Waals surface area contributed by atoms with E-state index in [1.54, 1.807) is 0 Å². The Morgan fingerprint density at radius 2 is 1.95 bits per heavy atom. The monoisotopic (exact) mass is 274 g/mol. The Hall–Kier alpha value is -1.68. The highest BCUT2D eigenvalue weighted by molar-refractivity contribution is 7.13. The Balaban J connectivity index is 2.27. The van der Waals surface area contributed by atoms with Crippen molar-refractivity contribution < 1.29 is 4.79 Å². The van der Waals surface area contributed by atoms with Crippen LogP contribution in [0.2, 0.25) is 0 Å². The molecule has 0 aliphatic rings. The van der Waals surface area contributed by atoms with E-state index in [4.69, 9.17) is 0 Å². The zero-order chi connectivity index (χ0) is 14.0. The third kappa shape index (κ3) is 3.01. The zero-order valence-corrected chi connectivity index (χ0v) is 12.5. The highest BCUT2D eigenvalue weighted by Gasteiger charge is 2.15. The molecule has 3 nitrogen and oxygen atoms in total. The van der Waals surface area contributed by atoms with Gasteiger partial charge in [0.05, 0.1) is 10.7 Å². The fourth-order valence-corrected chi connectivity index (χ4v) is 2.85. The molecule has 1 amide bonds. The van der Waals surface area contributed by atoms with Crippen molar-refractivity contribution in [2.24, 2.45) is 0 Å². The van der Waals surface area contributed by atoms with Crippen LogP contribution in [0.1, 0.15) is 45.7 Å². The van der Waals surface area contributed by atoms with Gasteiger partial charge in [0.25, 0.3) is 5.91 Å². The fraction of sp³-hybridized carbons (Fsp3) is 0.333. The van der Waals surface area contributed by atoms with Crippen molar-refractivity contribution in [3.05, 3.63) is 45.4 Å². The van der Waals surface area contributed by atoms with E-state index in [2.05, 4.69) is 24.1 Å². The van der Waals surface area contributed by atoms with E-state index >= 15 is 0 Å². The molecule has 2 rings (SSSR count). The van der Waals surface area contributed by atoms with Crippen LogP contribution < -0.4 is 5.32 Å². The molecule has 0 fully saturated rings. The average molecular weight is 274 g/mol. The first-order valence-electron chi connectivity index (χ1n) is 6.33. The Morgan fingerprint density at radius 3 is 2.53 bits per heavy atom. The number of carbonyl (C=O) groups excluding carboxylic acids is 1. The number of aromatic nitrogens is 1. The summed E-state index contributed by atoms with van der Waals surface area (Å²) in [7, 11) is 0. The maximum atomic E-state index is 12.3. The fourth-order valence-electron chi connectivity index (χ4n) is 2.04. The summed E-state index contributed by atoms with van der Waals surface area (Å²) in [6, 6.07) is 7.92. The molecule has 2 aromatic rings. The maximum absolute atomic E-state index is 12.3. The second-order valence-corrected chi connectivity index (χ2v) is 6.05. The lowest BCUT2D eigenvalue weighted by molar-refractivity contribution is 0.102. The number of amides is 1. The van der Waals surface area contributed by atoms with Gasteiger partial charge >= 0.3 is 0 Å². The molecule has 0 spiro atoms. The summed E-state index contributed by atoms with van der Waals surface area (Å²) in [5.74, 6) is 0.303. The number of rotatable bonds is 3. The SMILES string of the molecule is Cc1nc(C)c(C(=O)Nc2ccccc2C(C)C)s1. The summed E-state index contributed by atoms with van der Waals surface area (Å²) < 4.78 is 0. The van der Waals surface area contributed by atoms with Crippen LogP contribution in [0.15, 0.2) is 24.3 Å². The number of nitrogens with zero attached hydrogens (tertiary/aromatic N) is 1. The summed E-state index contributed by atoms with van der Waals surface area (Å²) in [6.07, 6.45) is 0. The zero-order valence-electron chi connectivity index (χ0n) is 11.7. The predicted molar refractivity (Wildman–Crippen MR) is 80.1 cm³/mol. The lowest BCUT2D eigenvalue weighted by atomic mass is 10.0. The summed E-state index contributed by atoms with van der Waals surface area (Å²) in [5, 5.41) is 3.91. The smallest absolute Gasteiger partial charge is 0.267 e. The first kappa shape index (κ1) is 13.7. The van der Waals surface area contributed by atoms with Gasteiger partial charge in [-0.2, -0.15) is 0 Å². The standard InChI is InChI=1S/C15H18N2OS/c1-9(2)12-7-5-6-8-13(12)17-15(18)14-10(3)16-11(4)19-14/h5-9H,1-4H3,(H,17,18). The molecular weight excluding hydrogens is 256 g/mol. The van der Waals surface area contributed by atoms with Gasteiger partial charge in [0.15, 0.2) is 0 Å². The Kier molecular flexibility index (Phi) is 4.00. The van der Waals surface area contributed by atoms with Crippen molar-refractivity contribution in [3.63, 3.8) is 0 Å². The van der Waals surface area contributed by atoms with Crippen LogP contribution in [0.25, 0.3) is 0 Å². The van der Waals surface area contributed by atoms with Crippen molar-refractivity contribution in [1.29, 1.82) is 0 Å². The number of benzene rings is 1. The number of aryl methyl sites for hydroxylation is 2. The first-order chi connectivity index (χ1) is 8.99. The number of nitrogens with one attached hydrogen (secondary N) is 1. The highest BCUT2D eigenvalue weighted by atomic mass is 32.1. The molecule has 1 aromatic heterocycles. The summed E-state index contributed by atoms with van der Waals surface area (Å²) in [5.41, 5.74) is 2.82. The van der Waals surface area contributed by atoms with Crippen LogP contribution in [-0.4, -0.2) is 10.9 Å². The van der Waals surface area contributed by atoms with Gasteiger partial charge in [-0.1, -0.05) is 32.0 Å².